The Morgan fingerprint density at radius 2 is 0.818 bits per heavy atom. The third kappa shape index (κ3) is 43.0. The van der Waals surface area contributed by atoms with Gasteiger partial charge in [-0.15, -0.1) is 0 Å². The van der Waals surface area contributed by atoms with E-state index in [9.17, 15) is 34.5 Å². The van der Waals surface area contributed by atoms with Crippen molar-refractivity contribution in [3.8, 4) is 0 Å². The maximum Gasteiger partial charge on any atom is 0.335 e. The highest BCUT2D eigenvalue weighted by atomic mass is 16.7. The van der Waals surface area contributed by atoms with Crippen molar-refractivity contribution in [1.29, 1.82) is 0 Å². The SMILES string of the molecule is CC/C=C\C/C=C\C/C=C\CCCCCC(=O)OC(COC(=O)CCCCCCCCCCCCCCCCC)COC1OC(C(=O)O)C(O)C(O)C1OC(=O)CCCCCCCCCCC/C=C\C/C=C\CCCCC. The highest BCUT2D eigenvalue weighted by Gasteiger charge is 2.50. The highest BCUT2D eigenvalue weighted by Crippen LogP contribution is 2.27. The molecule has 0 amide bonds. The Hall–Kier alpha value is -3.58. The van der Waals surface area contributed by atoms with Gasteiger partial charge in [-0.25, -0.2) is 4.79 Å². The van der Waals surface area contributed by atoms with Crippen molar-refractivity contribution in [1.82, 2.24) is 0 Å². The standard InChI is InChI=1S/C65H112O12/c1-4-7-10-13-16-19-22-25-27-28-29-30-32-35-38-41-44-47-50-53-59(68)76-63-61(70)60(69)62(64(71)72)77-65(63)74-55-56(75-58(67)52-49-46-43-40-37-33-24-21-18-15-12-9-6-3)54-73-57(66)51-48-45-42-39-36-34-31-26-23-20-17-14-11-8-5-2/h9,12,16,18-19,21,25,27,33,37,56,60-63,65,69-70H,4-8,10-11,13-15,17,20,22-24,26,28-32,34-36,38-55H2,1-3H3,(H,71,72)/b12-9-,19-16-,21-18-,27-25-,37-33-. The number of aliphatic hydroxyl groups is 2. The van der Waals surface area contributed by atoms with Crippen LogP contribution in [0.15, 0.2) is 60.8 Å². The largest absolute Gasteiger partial charge is 0.479 e. The van der Waals surface area contributed by atoms with Crippen LogP contribution in [0.2, 0.25) is 0 Å². The number of carbonyl (C=O) groups is 4. The molecule has 0 aromatic carbocycles. The van der Waals surface area contributed by atoms with Crippen LogP contribution in [-0.2, 0) is 42.9 Å². The number of aliphatic carboxylic acids is 1. The third-order valence-electron chi connectivity index (χ3n) is 14.1. The van der Waals surface area contributed by atoms with E-state index in [1.807, 2.05) is 0 Å². The molecule has 1 fully saturated rings. The summed E-state index contributed by atoms with van der Waals surface area (Å²) in [5, 5.41) is 31.5. The van der Waals surface area contributed by atoms with Gasteiger partial charge in [-0.05, 0) is 83.5 Å². The minimum absolute atomic E-state index is 0.0525. The van der Waals surface area contributed by atoms with Crippen molar-refractivity contribution in [2.24, 2.45) is 0 Å². The molecule has 1 aliphatic heterocycles. The predicted octanol–water partition coefficient (Wildman–Crippen LogP) is 16.3. The Balaban J connectivity index is 2.66. The van der Waals surface area contributed by atoms with E-state index >= 15 is 0 Å². The molecular weight excluding hydrogens is 973 g/mol. The van der Waals surface area contributed by atoms with Crippen molar-refractivity contribution < 1.29 is 58.2 Å². The molecule has 0 aromatic rings. The number of unbranched alkanes of at least 4 members (excludes halogenated alkanes) is 29. The fourth-order valence-electron chi connectivity index (χ4n) is 9.30. The van der Waals surface area contributed by atoms with E-state index in [-0.39, 0.29) is 25.9 Å². The van der Waals surface area contributed by atoms with Crippen LogP contribution in [0.5, 0.6) is 0 Å². The average molecular weight is 1090 g/mol. The number of carboxylic acids is 1. The zero-order valence-electron chi connectivity index (χ0n) is 49.0. The van der Waals surface area contributed by atoms with Crippen LogP contribution in [0.4, 0.5) is 0 Å². The number of hydrogen-bond acceptors (Lipinski definition) is 11. The fourth-order valence-corrected chi connectivity index (χ4v) is 9.30. The van der Waals surface area contributed by atoms with Crippen molar-refractivity contribution in [3.05, 3.63) is 60.8 Å². The van der Waals surface area contributed by atoms with Gasteiger partial charge in [-0.1, -0.05) is 236 Å². The van der Waals surface area contributed by atoms with Gasteiger partial charge in [0, 0.05) is 19.3 Å². The smallest absolute Gasteiger partial charge is 0.335 e. The van der Waals surface area contributed by atoms with Crippen molar-refractivity contribution in [2.45, 2.75) is 314 Å². The van der Waals surface area contributed by atoms with E-state index < -0.39 is 67.3 Å². The van der Waals surface area contributed by atoms with Crippen molar-refractivity contribution >= 4 is 23.9 Å². The monoisotopic (exact) mass is 1080 g/mol. The molecule has 12 heteroatoms. The average Bonchev–Trinajstić information content (AvgIpc) is 3.42. The summed E-state index contributed by atoms with van der Waals surface area (Å²) < 4.78 is 28.5. The number of ether oxygens (including phenoxy) is 5. The molecule has 0 bridgehead atoms. The number of carbonyl (C=O) groups excluding carboxylic acids is 3. The summed E-state index contributed by atoms with van der Waals surface area (Å²) in [5.41, 5.74) is 0. The van der Waals surface area contributed by atoms with Crippen LogP contribution in [-0.4, -0.2) is 89.2 Å². The second kappa shape index (κ2) is 53.1. The topological polar surface area (TPSA) is 175 Å². The molecule has 1 rings (SSSR count). The lowest BCUT2D eigenvalue weighted by Crippen LogP contribution is -2.61. The number of aliphatic hydroxyl groups excluding tert-OH is 2. The van der Waals surface area contributed by atoms with Gasteiger partial charge in [0.15, 0.2) is 24.6 Å². The highest BCUT2D eigenvalue weighted by molar-refractivity contribution is 5.74. The molecule has 0 saturated carbocycles. The van der Waals surface area contributed by atoms with Gasteiger partial charge in [-0.3, -0.25) is 14.4 Å². The molecule has 6 atom stereocenters. The number of hydrogen-bond donors (Lipinski definition) is 3. The zero-order chi connectivity index (χ0) is 56.1. The molecule has 1 heterocycles. The zero-order valence-corrected chi connectivity index (χ0v) is 49.0. The molecule has 3 N–H and O–H groups in total. The number of esters is 3. The molecule has 0 radical (unpaired) electrons. The maximum atomic E-state index is 13.1. The summed E-state index contributed by atoms with van der Waals surface area (Å²) >= 11 is 0. The van der Waals surface area contributed by atoms with E-state index in [0.29, 0.717) is 19.3 Å². The predicted molar refractivity (Wildman–Crippen MR) is 312 cm³/mol. The quantitative estimate of drug-likeness (QED) is 0.0228. The normalized spacial score (nSPS) is 18.4. The van der Waals surface area contributed by atoms with E-state index in [2.05, 4.69) is 81.5 Å². The van der Waals surface area contributed by atoms with Crippen molar-refractivity contribution in [2.75, 3.05) is 13.2 Å². The molecule has 1 aliphatic rings. The third-order valence-corrected chi connectivity index (χ3v) is 14.1. The minimum atomic E-state index is -1.91. The fraction of sp³-hybridized carbons (Fsp3) is 0.785. The van der Waals surface area contributed by atoms with Crippen LogP contribution in [0.25, 0.3) is 0 Å². The molecule has 0 spiro atoms. The first kappa shape index (κ1) is 71.4. The Morgan fingerprint density at radius 3 is 1.29 bits per heavy atom. The second-order valence-electron chi connectivity index (χ2n) is 21.3. The number of allylic oxidation sites excluding steroid dienone is 10. The molecule has 77 heavy (non-hydrogen) atoms. The van der Waals surface area contributed by atoms with Crippen molar-refractivity contribution in [3.63, 3.8) is 0 Å². The Labute approximate surface area is 468 Å². The van der Waals surface area contributed by atoms with Gasteiger partial charge in [0.1, 0.15) is 18.8 Å². The second-order valence-corrected chi connectivity index (χ2v) is 21.3. The first-order chi connectivity index (χ1) is 37.6. The summed E-state index contributed by atoms with van der Waals surface area (Å²) in [4.78, 5) is 51.2. The van der Waals surface area contributed by atoms with Gasteiger partial charge in [0.25, 0.3) is 0 Å². The van der Waals surface area contributed by atoms with Gasteiger partial charge in [0.2, 0.25) is 0 Å². The first-order valence-electron chi connectivity index (χ1n) is 31.3. The molecule has 1 saturated heterocycles. The van der Waals surface area contributed by atoms with Crippen LogP contribution in [0.3, 0.4) is 0 Å². The summed E-state index contributed by atoms with van der Waals surface area (Å²) in [7, 11) is 0. The van der Waals surface area contributed by atoms with Crippen LogP contribution < -0.4 is 0 Å². The molecule has 6 unspecified atom stereocenters. The maximum absolute atomic E-state index is 13.1. The Bertz CT molecular complexity index is 1570. The molecule has 0 aliphatic carbocycles. The van der Waals surface area contributed by atoms with Crippen LogP contribution >= 0.6 is 0 Å². The summed E-state index contributed by atoms with van der Waals surface area (Å²) in [5.74, 6) is -3.15. The van der Waals surface area contributed by atoms with Crippen LogP contribution in [0.1, 0.15) is 278 Å². The Morgan fingerprint density at radius 1 is 0.442 bits per heavy atom. The van der Waals surface area contributed by atoms with Gasteiger partial charge >= 0.3 is 23.9 Å². The van der Waals surface area contributed by atoms with Gasteiger partial charge in [0.05, 0.1) is 6.61 Å². The lowest BCUT2D eigenvalue weighted by atomic mass is 9.98. The van der Waals surface area contributed by atoms with Crippen LogP contribution in [0, 0.1) is 0 Å². The van der Waals surface area contributed by atoms with E-state index in [0.717, 1.165) is 96.3 Å². The first-order valence-corrected chi connectivity index (χ1v) is 31.3. The lowest BCUT2D eigenvalue weighted by molar-refractivity contribution is -0.301. The lowest BCUT2D eigenvalue weighted by Gasteiger charge is -2.40. The molecule has 444 valence electrons. The molecule has 12 nitrogen and oxygen atoms in total. The van der Waals surface area contributed by atoms with Gasteiger partial charge in [-0.2, -0.15) is 0 Å². The van der Waals surface area contributed by atoms with E-state index in [4.69, 9.17) is 23.7 Å². The molecule has 0 aromatic heterocycles. The summed E-state index contributed by atoms with van der Waals surface area (Å²) in [6.45, 7) is 5.85. The Kier molecular flexibility index (Phi) is 49.2. The molecular formula is C65H112O12. The minimum Gasteiger partial charge on any atom is -0.479 e. The summed E-state index contributed by atoms with van der Waals surface area (Å²) in [6, 6.07) is 0. The van der Waals surface area contributed by atoms with Gasteiger partial charge < -0.3 is 39.0 Å². The number of rotatable bonds is 53. The van der Waals surface area contributed by atoms with E-state index in [1.54, 1.807) is 0 Å². The van der Waals surface area contributed by atoms with E-state index in [1.165, 1.54) is 122 Å². The number of carboxylic acid groups (broad SMARTS) is 1. The summed E-state index contributed by atoms with van der Waals surface area (Å²) in [6.07, 6.45) is 53.3.